The molecule has 2 heterocycles. The van der Waals surface area contributed by atoms with Crippen molar-refractivity contribution in [1.29, 1.82) is 0 Å². The molecule has 0 aliphatic carbocycles. The zero-order valence-electron chi connectivity index (χ0n) is 19.7. The molecule has 0 bridgehead atoms. The van der Waals surface area contributed by atoms with E-state index in [9.17, 15) is 4.79 Å². The van der Waals surface area contributed by atoms with E-state index in [0.717, 1.165) is 44.7 Å². The molecule has 3 aromatic rings. The van der Waals surface area contributed by atoms with Crippen molar-refractivity contribution in [3.8, 4) is 0 Å². The summed E-state index contributed by atoms with van der Waals surface area (Å²) in [6.07, 6.45) is 4.79. The summed E-state index contributed by atoms with van der Waals surface area (Å²) in [6, 6.07) is 26.0. The van der Waals surface area contributed by atoms with Crippen molar-refractivity contribution in [3.63, 3.8) is 0 Å². The van der Waals surface area contributed by atoms with Crippen LogP contribution >= 0.6 is 0 Å². The van der Waals surface area contributed by atoms with Crippen molar-refractivity contribution < 1.29 is 4.79 Å². The van der Waals surface area contributed by atoms with E-state index in [2.05, 4.69) is 87.5 Å². The summed E-state index contributed by atoms with van der Waals surface area (Å²) < 4.78 is 0. The highest BCUT2D eigenvalue weighted by Crippen LogP contribution is 2.34. The molecular formula is C29H35N3O. The van der Waals surface area contributed by atoms with Crippen molar-refractivity contribution in [1.82, 2.24) is 9.80 Å². The summed E-state index contributed by atoms with van der Waals surface area (Å²) in [5.74, 6) is 0.658. The molecule has 2 aliphatic rings. The molecule has 4 heteroatoms. The van der Waals surface area contributed by atoms with Gasteiger partial charge in [0.2, 0.25) is 5.91 Å². The van der Waals surface area contributed by atoms with Gasteiger partial charge >= 0.3 is 0 Å². The molecule has 5 rings (SSSR count). The Balaban J connectivity index is 1.35. The number of anilines is 1. The summed E-state index contributed by atoms with van der Waals surface area (Å²) in [5.41, 5.74) is 2.47. The van der Waals surface area contributed by atoms with E-state index in [1.54, 1.807) is 0 Å². The third-order valence-electron chi connectivity index (χ3n) is 7.52. The van der Waals surface area contributed by atoms with E-state index in [1.165, 1.54) is 29.2 Å². The first-order chi connectivity index (χ1) is 16.2. The van der Waals surface area contributed by atoms with E-state index in [0.29, 0.717) is 12.5 Å². The van der Waals surface area contributed by atoms with Gasteiger partial charge in [0.05, 0.1) is 12.6 Å². The molecule has 2 aliphatic heterocycles. The first-order valence-corrected chi connectivity index (χ1v) is 12.5. The van der Waals surface area contributed by atoms with Gasteiger partial charge in [-0.3, -0.25) is 4.79 Å². The fourth-order valence-electron chi connectivity index (χ4n) is 5.71. The van der Waals surface area contributed by atoms with Crippen LogP contribution in [0.3, 0.4) is 0 Å². The Morgan fingerprint density at radius 3 is 2.39 bits per heavy atom. The van der Waals surface area contributed by atoms with Gasteiger partial charge in [-0.15, -0.1) is 0 Å². The number of carbonyl (C=O) groups excluding carboxylic acids is 1. The minimum Gasteiger partial charge on any atom is -0.365 e. The lowest BCUT2D eigenvalue weighted by Gasteiger charge is -2.44. The molecule has 2 saturated heterocycles. The van der Waals surface area contributed by atoms with E-state index in [-0.39, 0.29) is 11.9 Å². The van der Waals surface area contributed by atoms with Gasteiger partial charge < -0.3 is 14.7 Å². The number of amides is 1. The van der Waals surface area contributed by atoms with E-state index < -0.39 is 0 Å². The second-order valence-electron chi connectivity index (χ2n) is 9.71. The zero-order chi connectivity index (χ0) is 22.6. The number of hydrogen-bond acceptors (Lipinski definition) is 3. The van der Waals surface area contributed by atoms with E-state index in [1.807, 2.05) is 7.05 Å². The van der Waals surface area contributed by atoms with Crippen LogP contribution in [-0.2, 0) is 4.79 Å². The van der Waals surface area contributed by atoms with Crippen LogP contribution in [0.15, 0.2) is 72.8 Å². The Hall–Kier alpha value is -2.85. The fourth-order valence-corrected chi connectivity index (χ4v) is 5.71. The summed E-state index contributed by atoms with van der Waals surface area (Å²) in [4.78, 5) is 20.6. The molecule has 2 atom stereocenters. The summed E-state index contributed by atoms with van der Waals surface area (Å²) in [7, 11) is 2.04. The van der Waals surface area contributed by atoms with Crippen LogP contribution in [0.5, 0.6) is 0 Å². The fraction of sp³-hybridized carbons (Fsp3) is 0.414. The molecule has 1 amide bonds. The Morgan fingerprint density at radius 2 is 1.61 bits per heavy atom. The third-order valence-corrected chi connectivity index (χ3v) is 7.52. The maximum Gasteiger partial charge on any atom is 0.242 e. The quantitative estimate of drug-likeness (QED) is 0.530. The molecule has 0 aromatic heterocycles. The second-order valence-corrected chi connectivity index (χ2v) is 9.71. The Kier molecular flexibility index (Phi) is 6.63. The van der Waals surface area contributed by atoms with Crippen molar-refractivity contribution in [3.05, 3.63) is 78.4 Å². The Labute approximate surface area is 197 Å². The number of carbonyl (C=O) groups is 1. The topological polar surface area (TPSA) is 26.8 Å². The van der Waals surface area contributed by atoms with Gasteiger partial charge in [-0.2, -0.15) is 0 Å². The minimum absolute atomic E-state index is 0.246. The molecule has 172 valence electrons. The van der Waals surface area contributed by atoms with Crippen molar-refractivity contribution in [2.75, 3.05) is 44.7 Å². The van der Waals surface area contributed by atoms with Gasteiger partial charge in [-0.1, -0.05) is 60.7 Å². The first kappa shape index (κ1) is 22.0. The standard InChI is InChI=1S/C29H35N3O/c1-30(26-16-15-23-10-5-6-13-25(23)20-26)22-29(33)32-19-9-14-27(24-11-3-2-4-12-24)28(32)21-31-17-7-8-18-31/h2-6,10-13,15-16,20,27-28H,7-9,14,17-19,21-22H2,1H3/t27-,28+/m1/s1. The number of piperidine rings is 1. The SMILES string of the molecule is CN(CC(=O)N1CCC[C@H](c2ccccc2)[C@@H]1CN1CCCC1)c1ccc2ccccc2c1. The number of likely N-dealkylation sites (N-methyl/N-ethyl adjacent to an activating group) is 1. The predicted octanol–water partition coefficient (Wildman–Crippen LogP) is 5.15. The smallest absolute Gasteiger partial charge is 0.242 e. The maximum atomic E-state index is 13.7. The number of hydrogen-bond donors (Lipinski definition) is 0. The highest BCUT2D eigenvalue weighted by molar-refractivity contribution is 5.87. The van der Waals surface area contributed by atoms with Crippen LogP contribution in [0.25, 0.3) is 10.8 Å². The van der Waals surface area contributed by atoms with Crippen LogP contribution < -0.4 is 4.90 Å². The van der Waals surface area contributed by atoms with Crippen molar-refractivity contribution in [2.45, 2.75) is 37.6 Å². The zero-order valence-corrected chi connectivity index (χ0v) is 19.7. The predicted molar refractivity (Wildman–Crippen MR) is 137 cm³/mol. The van der Waals surface area contributed by atoms with Crippen LogP contribution in [0.4, 0.5) is 5.69 Å². The molecule has 4 nitrogen and oxygen atoms in total. The van der Waals surface area contributed by atoms with Crippen molar-refractivity contribution >= 4 is 22.4 Å². The largest absolute Gasteiger partial charge is 0.365 e. The molecular weight excluding hydrogens is 406 g/mol. The Morgan fingerprint density at radius 1 is 0.879 bits per heavy atom. The highest BCUT2D eigenvalue weighted by atomic mass is 16.2. The van der Waals surface area contributed by atoms with Gasteiger partial charge in [-0.05, 0) is 67.2 Å². The van der Waals surface area contributed by atoms with Gasteiger partial charge in [0.15, 0.2) is 0 Å². The van der Waals surface area contributed by atoms with Gasteiger partial charge in [-0.25, -0.2) is 0 Å². The summed E-state index contributed by atoms with van der Waals surface area (Å²) >= 11 is 0. The number of fused-ring (bicyclic) bond motifs is 1. The summed E-state index contributed by atoms with van der Waals surface area (Å²) in [6.45, 7) is 4.60. The van der Waals surface area contributed by atoms with Crippen LogP contribution in [0.2, 0.25) is 0 Å². The lowest BCUT2D eigenvalue weighted by atomic mass is 9.83. The number of nitrogens with zero attached hydrogens (tertiary/aromatic N) is 3. The van der Waals surface area contributed by atoms with E-state index >= 15 is 0 Å². The van der Waals surface area contributed by atoms with Gasteiger partial charge in [0.1, 0.15) is 0 Å². The molecule has 0 radical (unpaired) electrons. The lowest BCUT2D eigenvalue weighted by Crippen LogP contribution is -2.54. The average Bonchev–Trinajstić information content (AvgIpc) is 3.37. The average molecular weight is 442 g/mol. The molecule has 0 unspecified atom stereocenters. The highest BCUT2D eigenvalue weighted by Gasteiger charge is 2.36. The number of likely N-dealkylation sites (tertiary alicyclic amines) is 2. The van der Waals surface area contributed by atoms with Crippen molar-refractivity contribution in [2.24, 2.45) is 0 Å². The van der Waals surface area contributed by atoms with Crippen LogP contribution in [-0.4, -0.2) is 61.5 Å². The summed E-state index contributed by atoms with van der Waals surface area (Å²) in [5, 5.41) is 2.44. The molecule has 2 fully saturated rings. The normalized spacial score (nSPS) is 21.4. The number of benzene rings is 3. The second kappa shape index (κ2) is 9.96. The molecule has 33 heavy (non-hydrogen) atoms. The third kappa shape index (κ3) is 4.91. The molecule has 3 aromatic carbocycles. The Bertz CT molecular complexity index is 1080. The van der Waals surface area contributed by atoms with Crippen LogP contribution in [0, 0.1) is 0 Å². The number of rotatable bonds is 6. The molecule has 0 saturated carbocycles. The van der Waals surface area contributed by atoms with Gasteiger partial charge in [0, 0.05) is 31.7 Å². The minimum atomic E-state index is 0.246. The van der Waals surface area contributed by atoms with Gasteiger partial charge in [0.25, 0.3) is 0 Å². The lowest BCUT2D eigenvalue weighted by molar-refractivity contribution is -0.134. The molecule has 0 N–H and O–H groups in total. The maximum absolute atomic E-state index is 13.7. The van der Waals surface area contributed by atoms with E-state index in [4.69, 9.17) is 0 Å². The first-order valence-electron chi connectivity index (χ1n) is 12.5. The molecule has 0 spiro atoms. The van der Waals surface area contributed by atoms with Crippen LogP contribution in [0.1, 0.15) is 37.2 Å². The monoisotopic (exact) mass is 441 g/mol.